The number of aryl methyl sites for hydroxylation is 2. The van der Waals surface area contributed by atoms with Crippen molar-refractivity contribution in [3.63, 3.8) is 0 Å². The minimum atomic E-state index is -0.942. The molecule has 0 aliphatic rings. The normalized spacial score (nSPS) is 11.9. The zero-order chi connectivity index (χ0) is 19.4. The van der Waals surface area contributed by atoms with E-state index < -0.39 is 17.5 Å². The Morgan fingerprint density at radius 3 is 2.54 bits per heavy atom. The van der Waals surface area contributed by atoms with Gasteiger partial charge in [-0.1, -0.05) is 0 Å². The molecule has 0 radical (unpaired) electrons. The number of nitrogens with one attached hydrogen (secondary N) is 2. The molecule has 2 N–H and O–H groups in total. The van der Waals surface area contributed by atoms with Crippen LogP contribution in [-0.4, -0.2) is 28.1 Å². The third kappa shape index (κ3) is 4.44. The highest BCUT2D eigenvalue weighted by atomic mass is 19.1. The van der Waals surface area contributed by atoms with Gasteiger partial charge >= 0.3 is 0 Å². The summed E-state index contributed by atoms with van der Waals surface area (Å²) >= 11 is 0. The van der Waals surface area contributed by atoms with Gasteiger partial charge in [0.2, 0.25) is 5.91 Å². The fraction of sp³-hybridized carbons (Fsp3) is 0.389. The molecule has 1 aromatic carbocycles. The summed E-state index contributed by atoms with van der Waals surface area (Å²) in [6, 6.07) is 2.49. The first-order valence-corrected chi connectivity index (χ1v) is 8.23. The van der Waals surface area contributed by atoms with Gasteiger partial charge in [-0.05, 0) is 32.9 Å². The van der Waals surface area contributed by atoms with Crippen molar-refractivity contribution < 1.29 is 18.4 Å². The fourth-order valence-corrected chi connectivity index (χ4v) is 2.86. The van der Waals surface area contributed by atoms with E-state index in [1.54, 1.807) is 4.68 Å². The van der Waals surface area contributed by atoms with E-state index in [2.05, 4.69) is 15.7 Å². The highest BCUT2D eigenvalue weighted by Crippen LogP contribution is 2.20. The lowest BCUT2D eigenvalue weighted by Gasteiger charge is -2.15. The summed E-state index contributed by atoms with van der Waals surface area (Å²) in [5, 5.41) is 9.63. The molecular formula is C18H22F2N4O2. The molecule has 8 heteroatoms. The lowest BCUT2D eigenvalue weighted by atomic mass is 10.1. The van der Waals surface area contributed by atoms with Gasteiger partial charge in [-0.2, -0.15) is 5.10 Å². The summed E-state index contributed by atoms with van der Waals surface area (Å²) in [7, 11) is 1.84. The van der Waals surface area contributed by atoms with Crippen molar-refractivity contribution in [2.75, 3.05) is 6.54 Å². The number of rotatable bonds is 6. The fourth-order valence-electron chi connectivity index (χ4n) is 2.86. The average molecular weight is 364 g/mol. The second kappa shape index (κ2) is 8.07. The van der Waals surface area contributed by atoms with E-state index in [0.717, 1.165) is 29.1 Å². The SMILES string of the molecule is Cc1nn(C)c(C)c1C(C)NC(=O)CCNC(=O)c1ccc(F)cc1F. The standard InChI is InChI=1S/C18H22F2N4O2/c1-10(17-11(2)23-24(4)12(17)3)22-16(25)7-8-21-18(26)14-6-5-13(19)9-15(14)20/h5-6,9-10H,7-8H2,1-4H3,(H,21,26)(H,22,25). The second-order valence-electron chi connectivity index (χ2n) is 6.13. The van der Waals surface area contributed by atoms with E-state index in [4.69, 9.17) is 0 Å². The quantitative estimate of drug-likeness (QED) is 0.826. The molecule has 6 nitrogen and oxygen atoms in total. The maximum Gasteiger partial charge on any atom is 0.254 e. The van der Waals surface area contributed by atoms with Gasteiger partial charge < -0.3 is 10.6 Å². The summed E-state index contributed by atoms with van der Waals surface area (Å²) in [5.41, 5.74) is 2.51. The first-order chi connectivity index (χ1) is 12.2. The van der Waals surface area contributed by atoms with E-state index in [1.807, 2.05) is 27.8 Å². The van der Waals surface area contributed by atoms with Gasteiger partial charge in [-0.25, -0.2) is 8.78 Å². The number of halogens is 2. The van der Waals surface area contributed by atoms with Crippen LogP contribution in [0.1, 0.15) is 46.7 Å². The molecule has 0 saturated heterocycles. The van der Waals surface area contributed by atoms with Crippen LogP contribution in [0.4, 0.5) is 8.78 Å². The molecule has 2 aromatic rings. The highest BCUT2D eigenvalue weighted by Gasteiger charge is 2.18. The van der Waals surface area contributed by atoms with E-state index in [1.165, 1.54) is 0 Å². The van der Waals surface area contributed by atoms with Crippen molar-refractivity contribution in [3.8, 4) is 0 Å². The Balaban J connectivity index is 1.86. The van der Waals surface area contributed by atoms with Crippen molar-refractivity contribution in [1.29, 1.82) is 0 Å². The van der Waals surface area contributed by atoms with Gasteiger partial charge in [-0.15, -0.1) is 0 Å². The van der Waals surface area contributed by atoms with Crippen molar-refractivity contribution in [2.24, 2.45) is 7.05 Å². The maximum absolute atomic E-state index is 13.5. The molecule has 0 aliphatic carbocycles. The Kier molecular flexibility index (Phi) is 6.07. The van der Waals surface area contributed by atoms with Gasteiger partial charge in [0.15, 0.2) is 0 Å². The van der Waals surface area contributed by atoms with Crippen LogP contribution in [0.15, 0.2) is 18.2 Å². The Morgan fingerprint density at radius 1 is 1.27 bits per heavy atom. The number of aromatic nitrogens is 2. The largest absolute Gasteiger partial charge is 0.351 e. The number of carbonyl (C=O) groups is 2. The zero-order valence-corrected chi connectivity index (χ0v) is 15.2. The molecule has 0 bridgehead atoms. The summed E-state index contributed by atoms with van der Waals surface area (Å²) in [6.07, 6.45) is 0.0389. The van der Waals surface area contributed by atoms with Gasteiger partial charge in [0, 0.05) is 37.3 Å². The van der Waals surface area contributed by atoms with Crippen molar-refractivity contribution in [1.82, 2.24) is 20.4 Å². The Hall–Kier alpha value is -2.77. The minimum Gasteiger partial charge on any atom is -0.351 e. The lowest BCUT2D eigenvalue weighted by Crippen LogP contribution is -2.32. The van der Waals surface area contributed by atoms with Crippen molar-refractivity contribution in [3.05, 3.63) is 52.3 Å². The van der Waals surface area contributed by atoms with Gasteiger partial charge in [0.1, 0.15) is 11.6 Å². The van der Waals surface area contributed by atoms with Crippen LogP contribution in [0.5, 0.6) is 0 Å². The van der Waals surface area contributed by atoms with E-state index >= 15 is 0 Å². The Labute approximate surface area is 150 Å². The smallest absolute Gasteiger partial charge is 0.254 e. The van der Waals surface area contributed by atoms with E-state index in [-0.39, 0.29) is 30.5 Å². The molecule has 1 aromatic heterocycles. The van der Waals surface area contributed by atoms with Crippen LogP contribution in [0.25, 0.3) is 0 Å². The first kappa shape index (κ1) is 19.6. The van der Waals surface area contributed by atoms with Crippen LogP contribution < -0.4 is 10.6 Å². The number of nitrogens with zero attached hydrogens (tertiary/aromatic N) is 2. The molecule has 0 fully saturated rings. The predicted octanol–water partition coefficient (Wildman–Crippen LogP) is 2.31. The number of carbonyl (C=O) groups excluding carboxylic acids is 2. The summed E-state index contributed by atoms with van der Waals surface area (Å²) < 4.78 is 28.1. The molecule has 2 amide bonds. The van der Waals surface area contributed by atoms with Gasteiger partial charge in [-0.3, -0.25) is 14.3 Å². The summed E-state index contributed by atoms with van der Waals surface area (Å²) in [4.78, 5) is 24.0. The highest BCUT2D eigenvalue weighted by molar-refractivity contribution is 5.94. The predicted molar refractivity (Wildman–Crippen MR) is 92.5 cm³/mol. The number of hydrogen-bond acceptors (Lipinski definition) is 3. The van der Waals surface area contributed by atoms with Crippen LogP contribution in [0.2, 0.25) is 0 Å². The molecule has 0 spiro atoms. The molecule has 1 unspecified atom stereocenters. The Morgan fingerprint density at radius 2 is 1.96 bits per heavy atom. The monoisotopic (exact) mass is 364 g/mol. The topological polar surface area (TPSA) is 76.0 Å². The second-order valence-corrected chi connectivity index (χ2v) is 6.13. The van der Waals surface area contributed by atoms with E-state index in [0.29, 0.717) is 6.07 Å². The third-order valence-electron chi connectivity index (χ3n) is 4.19. The molecule has 26 heavy (non-hydrogen) atoms. The van der Waals surface area contributed by atoms with Gasteiger partial charge in [0.25, 0.3) is 5.91 Å². The summed E-state index contributed by atoms with van der Waals surface area (Å²) in [6.45, 7) is 5.71. The van der Waals surface area contributed by atoms with Crippen molar-refractivity contribution in [2.45, 2.75) is 33.2 Å². The van der Waals surface area contributed by atoms with Gasteiger partial charge in [0.05, 0.1) is 17.3 Å². The lowest BCUT2D eigenvalue weighted by molar-refractivity contribution is -0.121. The minimum absolute atomic E-state index is 0.0389. The molecule has 2 rings (SSSR count). The van der Waals surface area contributed by atoms with Crippen LogP contribution in [0, 0.1) is 25.5 Å². The molecule has 1 heterocycles. The van der Waals surface area contributed by atoms with E-state index in [9.17, 15) is 18.4 Å². The molecule has 1 atom stereocenters. The molecular weight excluding hydrogens is 342 g/mol. The molecule has 140 valence electrons. The number of hydrogen-bond donors (Lipinski definition) is 2. The number of benzene rings is 1. The third-order valence-corrected chi connectivity index (χ3v) is 4.19. The van der Waals surface area contributed by atoms with Crippen LogP contribution in [-0.2, 0) is 11.8 Å². The molecule has 0 aliphatic heterocycles. The zero-order valence-electron chi connectivity index (χ0n) is 15.2. The molecule has 0 saturated carbocycles. The Bertz CT molecular complexity index is 833. The average Bonchev–Trinajstić information content (AvgIpc) is 2.79. The van der Waals surface area contributed by atoms with Crippen LogP contribution in [0.3, 0.4) is 0 Å². The number of amides is 2. The van der Waals surface area contributed by atoms with Crippen LogP contribution >= 0.6 is 0 Å². The van der Waals surface area contributed by atoms with Crippen molar-refractivity contribution >= 4 is 11.8 Å². The summed E-state index contributed by atoms with van der Waals surface area (Å²) in [5.74, 6) is -2.64. The first-order valence-electron chi connectivity index (χ1n) is 8.23. The maximum atomic E-state index is 13.5.